The summed E-state index contributed by atoms with van der Waals surface area (Å²) in [7, 11) is 1.29. The number of esters is 1. The Morgan fingerprint density at radius 1 is 1.21 bits per heavy atom. The van der Waals surface area contributed by atoms with Crippen molar-refractivity contribution in [3.05, 3.63) is 56.3 Å². The van der Waals surface area contributed by atoms with Gasteiger partial charge in [0.15, 0.2) is 4.80 Å². The van der Waals surface area contributed by atoms with Crippen LogP contribution < -0.4 is 4.80 Å². The zero-order valence-corrected chi connectivity index (χ0v) is 17.5. The summed E-state index contributed by atoms with van der Waals surface area (Å²) in [4.78, 5) is 33.4. The van der Waals surface area contributed by atoms with Crippen LogP contribution in [-0.2, 0) is 16.1 Å². The van der Waals surface area contributed by atoms with Crippen molar-refractivity contribution in [1.29, 1.82) is 0 Å². The van der Waals surface area contributed by atoms with Crippen molar-refractivity contribution in [2.24, 2.45) is 4.99 Å². The summed E-state index contributed by atoms with van der Waals surface area (Å²) in [6.07, 6.45) is 0. The number of halogens is 2. The molecule has 4 rings (SSSR count). The number of benzene rings is 2. The van der Waals surface area contributed by atoms with Crippen LogP contribution in [0.1, 0.15) is 10.4 Å². The molecule has 28 heavy (non-hydrogen) atoms. The van der Waals surface area contributed by atoms with E-state index in [1.807, 2.05) is 0 Å². The van der Waals surface area contributed by atoms with Crippen LogP contribution in [0, 0.1) is 0 Å². The molecule has 2 heterocycles. The van der Waals surface area contributed by atoms with Gasteiger partial charge in [0.2, 0.25) is 0 Å². The van der Waals surface area contributed by atoms with Gasteiger partial charge in [-0.2, -0.15) is 4.99 Å². The molecule has 6 nitrogen and oxygen atoms in total. The zero-order valence-electron chi connectivity index (χ0n) is 14.3. The summed E-state index contributed by atoms with van der Waals surface area (Å²) in [6.45, 7) is -0.127. The molecular weight excluding hydrogens is 441 g/mol. The minimum atomic E-state index is -0.481. The lowest BCUT2D eigenvalue weighted by Crippen LogP contribution is -2.22. The van der Waals surface area contributed by atoms with Gasteiger partial charge in [-0.1, -0.05) is 34.5 Å². The fourth-order valence-electron chi connectivity index (χ4n) is 2.69. The fraction of sp³-hybridized carbons (Fsp3) is 0.111. The molecule has 0 atom stereocenters. The zero-order chi connectivity index (χ0) is 19.8. The van der Waals surface area contributed by atoms with Crippen LogP contribution in [0.25, 0.3) is 20.4 Å². The average Bonchev–Trinajstić information content (AvgIpc) is 3.25. The Morgan fingerprint density at radius 2 is 2.04 bits per heavy atom. The molecule has 0 saturated carbocycles. The van der Waals surface area contributed by atoms with Gasteiger partial charge in [0.1, 0.15) is 6.54 Å². The number of hydrogen-bond donors (Lipinski definition) is 0. The average molecular weight is 452 g/mol. The Balaban J connectivity index is 1.88. The number of methoxy groups -OCH3 is 1. The quantitative estimate of drug-likeness (QED) is 0.428. The maximum atomic E-state index is 12.8. The number of nitrogens with zero attached hydrogens (tertiary/aromatic N) is 3. The molecule has 0 saturated heterocycles. The van der Waals surface area contributed by atoms with Gasteiger partial charge in [-0.05, 0) is 30.3 Å². The first-order chi connectivity index (χ1) is 13.5. The Hall–Kier alpha value is -2.26. The van der Waals surface area contributed by atoms with Crippen molar-refractivity contribution in [2.75, 3.05) is 7.11 Å². The summed E-state index contributed by atoms with van der Waals surface area (Å²) < 4.78 is 7.94. The molecule has 0 bridgehead atoms. The summed E-state index contributed by atoms with van der Waals surface area (Å²) in [5.41, 5.74) is 3.55. The number of fused-ring (bicyclic) bond motifs is 2. The topological polar surface area (TPSA) is 73.6 Å². The third kappa shape index (κ3) is 3.56. The van der Waals surface area contributed by atoms with Crippen LogP contribution in [0.2, 0.25) is 10.0 Å². The summed E-state index contributed by atoms with van der Waals surface area (Å²) in [6, 6.07) is 8.50. The van der Waals surface area contributed by atoms with E-state index < -0.39 is 11.9 Å². The standard InChI is InChI=1S/C18H11Cl2N3O3S2/c1-26-15(24)7-23-16-11(20)5-10(19)6-14(16)28-18(23)22-17(25)9-2-3-12-13(4-9)27-8-21-12/h2-6,8H,7H2,1H3. The molecule has 0 aliphatic carbocycles. The molecule has 2 aromatic carbocycles. The third-order valence-electron chi connectivity index (χ3n) is 3.99. The highest BCUT2D eigenvalue weighted by molar-refractivity contribution is 7.17. The van der Waals surface area contributed by atoms with Gasteiger partial charge in [-0.3, -0.25) is 9.59 Å². The van der Waals surface area contributed by atoms with Gasteiger partial charge >= 0.3 is 5.97 Å². The Morgan fingerprint density at radius 3 is 2.82 bits per heavy atom. The van der Waals surface area contributed by atoms with Crippen molar-refractivity contribution < 1.29 is 14.3 Å². The number of aromatic nitrogens is 2. The molecule has 0 unspecified atom stereocenters. The van der Waals surface area contributed by atoms with E-state index in [4.69, 9.17) is 27.9 Å². The monoisotopic (exact) mass is 451 g/mol. The first-order valence-corrected chi connectivity index (χ1v) is 10.4. The first kappa shape index (κ1) is 19.1. The van der Waals surface area contributed by atoms with Crippen LogP contribution in [0.5, 0.6) is 0 Å². The summed E-state index contributed by atoms with van der Waals surface area (Å²) in [5, 5.41) is 0.820. The summed E-state index contributed by atoms with van der Waals surface area (Å²) >= 11 is 15.1. The highest BCUT2D eigenvalue weighted by Crippen LogP contribution is 2.30. The lowest BCUT2D eigenvalue weighted by molar-refractivity contribution is -0.141. The van der Waals surface area contributed by atoms with Crippen LogP contribution in [0.15, 0.2) is 40.8 Å². The molecule has 4 aromatic rings. The molecule has 0 aliphatic rings. The highest BCUT2D eigenvalue weighted by atomic mass is 35.5. The van der Waals surface area contributed by atoms with E-state index in [-0.39, 0.29) is 6.54 Å². The maximum Gasteiger partial charge on any atom is 0.325 e. The van der Waals surface area contributed by atoms with E-state index in [1.165, 1.54) is 29.8 Å². The molecule has 142 valence electrons. The molecule has 0 spiro atoms. The lowest BCUT2D eigenvalue weighted by Gasteiger charge is -2.05. The minimum Gasteiger partial charge on any atom is -0.468 e. The molecule has 1 amide bonds. The molecule has 0 radical (unpaired) electrons. The Labute approximate surface area is 176 Å². The number of ether oxygens (including phenoxy) is 1. The number of carbonyl (C=O) groups is 2. The number of hydrogen-bond acceptors (Lipinski definition) is 6. The van der Waals surface area contributed by atoms with Gasteiger partial charge in [-0.15, -0.1) is 11.3 Å². The van der Waals surface area contributed by atoms with E-state index in [2.05, 4.69) is 9.98 Å². The maximum absolute atomic E-state index is 12.8. The number of thiazole rings is 2. The van der Waals surface area contributed by atoms with Crippen molar-refractivity contribution in [2.45, 2.75) is 6.54 Å². The van der Waals surface area contributed by atoms with E-state index in [1.54, 1.807) is 40.4 Å². The smallest absolute Gasteiger partial charge is 0.325 e. The van der Waals surface area contributed by atoms with Crippen LogP contribution in [-0.4, -0.2) is 28.5 Å². The van der Waals surface area contributed by atoms with E-state index in [0.29, 0.717) is 30.6 Å². The van der Waals surface area contributed by atoms with Gasteiger partial charge in [0.25, 0.3) is 5.91 Å². The van der Waals surface area contributed by atoms with Crippen LogP contribution in [0.4, 0.5) is 0 Å². The molecule has 0 aliphatic heterocycles. The number of amides is 1. The predicted molar refractivity (Wildman–Crippen MR) is 111 cm³/mol. The second kappa shape index (κ2) is 7.63. The third-order valence-corrected chi connectivity index (χ3v) is 6.31. The second-order valence-corrected chi connectivity index (χ2v) is 8.47. The first-order valence-electron chi connectivity index (χ1n) is 7.94. The van der Waals surface area contributed by atoms with Gasteiger partial charge < -0.3 is 9.30 Å². The second-order valence-electron chi connectivity index (χ2n) is 5.73. The van der Waals surface area contributed by atoms with E-state index in [0.717, 1.165) is 10.2 Å². The highest BCUT2D eigenvalue weighted by Gasteiger charge is 2.16. The SMILES string of the molecule is COC(=O)Cn1c(=NC(=O)c2ccc3ncsc3c2)sc2cc(Cl)cc(Cl)c21. The van der Waals surface area contributed by atoms with E-state index in [9.17, 15) is 9.59 Å². The largest absolute Gasteiger partial charge is 0.468 e. The van der Waals surface area contributed by atoms with Crippen molar-refractivity contribution in [1.82, 2.24) is 9.55 Å². The normalized spacial score (nSPS) is 12.0. The number of carbonyl (C=O) groups excluding carboxylic acids is 2. The van der Waals surface area contributed by atoms with Crippen molar-refractivity contribution >= 4 is 78.2 Å². The van der Waals surface area contributed by atoms with Gasteiger partial charge in [0.05, 0.1) is 38.1 Å². The fourth-order valence-corrected chi connectivity index (χ4v) is 5.22. The molecular formula is C18H11Cl2N3O3S2. The van der Waals surface area contributed by atoms with Crippen LogP contribution in [0.3, 0.4) is 0 Å². The Bertz CT molecular complexity index is 1310. The molecule has 0 N–H and O–H groups in total. The van der Waals surface area contributed by atoms with Gasteiger partial charge in [-0.25, -0.2) is 4.98 Å². The molecule has 10 heteroatoms. The molecule has 0 fully saturated rings. The molecule has 2 aromatic heterocycles. The summed E-state index contributed by atoms with van der Waals surface area (Å²) in [5.74, 6) is -0.909. The van der Waals surface area contributed by atoms with Crippen LogP contribution >= 0.6 is 45.9 Å². The predicted octanol–water partition coefficient (Wildman–Crippen LogP) is 4.53. The van der Waals surface area contributed by atoms with Crippen molar-refractivity contribution in [3.63, 3.8) is 0 Å². The van der Waals surface area contributed by atoms with Crippen molar-refractivity contribution in [3.8, 4) is 0 Å². The number of rotatable bonds is 3. The van der Waals surface area contributed by atoms with Gasteiger partial charge in [0, 0.05) is 10.6 Å². The van der Waals surface area contributed by atoms with E-state index >= 15 is 0 Å². The minimum absolute atomic E-state index is 0.127. The lowest BCUT2D eigenvalue weighted by atomic mass is 10.2. The Kier molecular flexibility index (Phi) is 5.20.